The van der Waals surface area contributed by atoms with Crippen molar-refractivity contribution in [1.29, 1.82) is 0 Å². The predicted octanol–water partition coefficient (Wildman–Crippen LogP) is 2.18. The van der Waals surface area contributed by atoms with Crippen LogP contribution in [0.1, 0.15) is 18.4 Å². The number of carbonyl (C=O) groups is 2. The van der Waals surface area contributed by atoms with Gasteiger partial charge in [0.15, 0.2) is 0 Å². The Morgan fingerprint density at radius 1 is 1.09 bits per heavy atom. The van der Waals surface area contributed by atoms with Gasteiger partial charge in [0.25, 0.3) is 0 Å². The molecule has 3 heterocycles. The topological polar surface area (TPSA) is 81.7 Å². The largest absolute Gasteiger partial charge is 0.416 e. The minimum atomic E-state index is -4.49. The fraction of sp³-hybridized carbons (Fsp3) is 0.478. The van der Waals surface area contributed by atoms with Gasteiger partial charge < -0.3 is 15.1 Å². The van der Waals surface area contributed by atoms with Crippen LogP contribution in [0.2, 0.25) is 0 Å². The summed E-state index contributed by atoms with van der Waals surface area (Å²) in [7, 11) is 0. The number of rotatable bonds is 7. The van der Waals surface area contributed by atoms with Gasteiger partial charge in [-0.3, -0.25) is 14.5 Å². The van der Waals surface area contributed by atoms with Gasteiger partial charge in [-0.25, -0.2) is 9.97 Å². The van der Waals surface area contributed by atoms with E-state index >= 15 is 0 Å². The van der Waals surface area contributed by atoms with Crippen molar-refractivity contribution in [1.82, 2.24) is 20.2 Å². The van der Waals surface area contributed by atoms with Crippen molar-refractivity contribution in [2.24, 2.45) is 5.92 Å². The van der Waals surface area contributed by atoms with Gasteiger partial charge in [-0.1, -0.05) is 6.07 Å². The van der Waals surface area contributed by atoms with Gasteiger partial charge in [0.2, 0.25) is 17.8 Å². The Morgan fingerprint density at radius 3 is 2.53 bits per heavy atom. The number of anilines is 2. The van der Waals surface area contributed by atoms with Gasteiger partial charge in [0.05, 0.1) is 11.5 Å². The molecule has 2 aromatic rings. The number of nitrogens with one attached hydrogen (secondary N) is 1. The van der Waals surface area contributed by atoms with Crippen molar-refractivity contribution in [2.45, 2.75) is 19.0 Å². The van der Waals surface area contributed by atoms with E-state index in [2.05, 4.69) is 25.1 Å². The number of halogens is 3. The minimum Gasteiger partial charge on any atom is -0.356 e. The number of hydrogen-bond donors (Lipinski definition) is 1. The predicted molar refractivity (Wildman–Crippen MR) is 120 cm³/mol. The molecule has 182 valence electrons. The molecule has 1 aromatic carbocycles. The third-order valence-electron chi connectivity index (χ3n) is 6.14. The van der Waals surface area contributed by atoms with E-state index in [9.17, 15) is 22.8 Å². The molecule has 2 fully saturated rings. The van der Waals surface area contributed by atoms with Crippen LogP contribution in [-0.2, 0) is 15.8 Å². The van der Waals surface area contributed by atoms with E-state index in [4.69, 9.17) is 0 Å². The zero-order chi connectivity index (χ0) is 24.1. The molecule has 0 aliphatic carbocycles. The Morgan fingerprint density at radius 2 is 1.82 bits per heavy atom. The maximum atomic E-state index is 13.0. The first-order valence-electron chi connectivity index (χ1n) is 11.3. The van der Waals surface area contributed by atoms with Crippen molar-refractivity contribution in [3.05, 3.63) is 48.3 Å². The molecule has 1 N–H and O–H groups in total. The van der Waals surface area contributed by atoms with Crippen LogP contribution in [-0.4, -0.2) is 72.5 Å². The average molecular weight is 477 g/mol. The lowest BCUT2D eigenvalue weighted by molar-refractivity contribution is -0.137. The maximum absolute atomic E-state index is 13.0. The molecule has 0 saturated carbocycles. The normalized spacial score (nSPS) is 19.5. The molecule has 2 aliphatic heterocycles. The Hall–Kier alpha value is -3.21. The number of hydrogen-bond acceptors (Lipinski definition) is 6. The van der Waals surface area contributed by atoms with E-state index < -0.39 is 17.7 Å². The quantitative estimate of drug-likeness (QED) is 0.617. The molecule has 1 atom stereocenters. The second-order valence-corrected chi connectivity index (χ2v) is 8.48. The lowest BCUT2D eigenvalue weighted by Crippen LogP contribution is -2.47. The number of aromatic nitrogens is 2. The lowest BCUT2D eigenvalue weighted by Gasteiger charge is -2.34. The van der Waals surface area contributed by atoms with Crippen molar-refractivity contribution >= 4 is 23.5 Å². The Bertz CT molecular complexity index is 996. The molecule has 2 aliphatic rings. The number of carbonyl (C=O) groups excluding carboxylic acids is 2. The van der Waals surface area contributed by atoms with Crippen LogP contribution in [0, 0.1) is 5.92 Å². The second-order valence-electron chi connectivity index (χ2n) is 8.48. The highest BCUT2D eigenvalue weighted by Gasteiger charge is 2.36. The average Bonchev–Trinajstić information content (AvgIpc) is 3.24. The van der Waals surface area contributed by atoms with Crippen LogP contribution in [0.15, 0.2) is 42.7 Å². The fourth-order valence-corrected chi connectivity index (χ4v) is 4.27. The summed E-state index contributed by atoms with van der Waals surface area (Å²) < 4.78 is 38.9. The second kappa shape index (κ2) is 10.4. The Kier molecular flexibility index (Phi) is 7.30. The summed E-state index contributed by atoms with van der Waals surface area (Å²) in [6, 6.07) is 6.42. The zero-order valence-corrected chi connectivity index (χ0v) is 18.7. The fourth-order valence-electron chi connectivity index (χ4n) is 4.27. The summed E-state index contributed by atoms with van der Waals surface area (Å²) in [6.07, 6.45) is -0.267. The number of amides is 2. The lowest BCUT2D eigenvalue weighted by atomic mass is 10.1. The molecular formula is C23H27F3N6O2. The SMILES string of the molecule is O=C(NCCCN1CCN(c2ncccn2)CC1)C1CC(=O)N(c2cccc(C(F)(F)F)c2)C1. The monoisotopic (exact) mass is 476 g/mol. The Balaban J connectivity index is 1.19. The smallest absolute Gasteiger partial charge is 0.356 e. The third kappa shape index (κ3) is 5.82. The van der Waals surface area contributed by atoms with Crippen LogP contribution in [0.4, 0.5) is 24.8 Å². The van der Waals surface area contributed by atoms with Crippen LogP contribution >= 0.6 is 0 Å². The number of piperazine rings is 1. The highest BCUT2D eigenvalue weighted by atomic mass is 19.4. The number of benzene rings is 1. The van der Waals surface area contributed by atoms with E-state index in [1.807, 2.05) is 0 Å². The van der Waals surface area contributed by atoms with Crippen LogP contribution < -0.4 is 15.1 Å². The molecule has 0 spiro atoms. The van der Waals surface area contributed by atoms with Gasteiger partial charge >= 0.3 is 6.18 Å². The first-order chi connectivity index (χ1) is 16.3. The highest BCUT2D eigenvalue weighted by molar-refractivity contribution is 6.00. The molecule has 0 radical (unpaired) electrons. The number of nitrogens with zero attached hydrogens (tertiary/aromatic N) is 5. The first-order valence-corrected chi connectivity index (χ1v) is 11.3. The van der Waals surface area contributed by atoms with Crippen LogP contribution in [0.5, 0.6) is 0 Å². The molecule has 2 amide bonds. The molecule has 1 unspecified atom stereocenters. The van der Waals surface area contributed by atoms with Gasteiger partial charge in [-0.05, 0) is 37.2 Å². The third-order valence-corrected chi connectivity index (χ3v) is 6.14. The summed E-state index contributed by atoms with van der Waals surface area (Å²) in [6.45, 7) is 4.84. The molecule has 11 heteroatoms. The molecular weight excluding hydrogens is 449 g/mol. The highest BCUT2D eigenvalue weighted by Crippen LogP contribution is 2.33. The maximum Gasteiger partial charge on any atom is 0.416 e. The van der Waals surface area contributed by atoms with Gasteiger partial charge in [-0.15, -0.1) is 0 Å². The molecule has 2 saturated heterocycles. The molecule has 4 rings (SSSR count). The van der Waals surface area contributed by atoms with Crippen molar-refractivity contribution in [3.63, 3.8) is 0 Å². The van der Waals surface area contributed by atoms with E-state index in [0.29, 0.717) is 6.54 Å². The van der Waals surface area contributed by atoms with E-state index in [-0.39, 0.29) is 30.5 Å². The van der Waals surface area contributed by atoms with Crippen molar-refractivity contribution < 1.29 is 22.8 Å². The summed E-state index contributed by atoms with van der Waals surface area (Å²) in [5, 5.41) is 2.87. The summed E-state index contributed by atoms with van der Waals surface area (Å²) >= 11 is 0. The molecule has 34 heavy (non-hydrogen) atoms. The van der Waals surface area contributed by atoms with Crippen LogP contribution in [0.25, 0.3) is 0 Å². The summed E-state index contributed by atoms with van der Waals surface area (Å²) in [5.74, 6) is -0.426. The Labute approximate surface area is 195 Å². The summed E-state index contributed by atoms with van der Waals surface area (Å²) in [4.78, 5) is 39.2. The van der Waals surface area contributed by atoms with Gasteiger partial charge in [-0.2, -0.15) is 13.2 Å². The van der Waals surface area contributed by atoms with E-state index in [1.54, 1.807) is 18.5 Å². The van der Waals surface area contributed by atoms with Crippen molar-refractivity contribution in [3.8, 4) is 0 Å². The van der Waals surface area contributed by atoms with E-state index in [1.165, 1.54) is 17.0 Å². The summed E-state index contributed by atoms with van der Waals surface area (Å²) in [5.41, 5.74) is -0.655. The minimum absolute atomic E-state index is 0.00834. The van der Waals surface area contributed by atoms with E-state index in [0.717, 1.165) is 57.2 Å². The standard InChI is InChI=1S/C23H27F3N6O2/c24-23(25,26)18-4-1-5-19(15-18)32-16-17(14-20(32)33)21(34)27-8-3-9-30-10-12-31(13-11-30)22-28-6-2-7-29-22/h1-2,4-7,15,17H,3,8-14,16H2,(H,27,34). The van der Waals surface area contributed by atoms with Crippen LogP contribution in [0.3, 0.4) is 0 Å². The number of alkyl halides is 3. The first kappa shape index (κ1) is 23.9. The van der Waals surface area contributed by atoms with Gasteiger partial charge in [0.1, 0.15) is 0 Å². The van der Waals surface area contributed by atoms with Crippen molar-refractivity contribution in [2.75, 3.05) is 55.6 Å². The molecule has 1 aromatic heterocycles. The molecule has 0 bridgehead atoms. The van der Waals surface area contributed by atoms with Gasteiger partial charge in [0, 0.05) is 63.8 Å². The molecule has 8 nitrogen and oxygen atoms in total. The zero-order valence-electron chi connectivity index (χ0n) is 18.7.